The Morgan fingerprint density at radius 1 is 1.56 bits per heavy atom. The van der Waals surface area contributed by atoms with Crippen molar-refractivity contribution in [2.45, 2.75) is 13.3 Å². The lowest BCUT2D eigenvalue weighted by Gasteiger charge is -2.32. The molecule has 0 amide bonds. The Balaban J connectivity index is 2.06. The number of hydrogen-bond donors (Lipinski definition) is 1. The fourth-order valence-corrected chi connectivity index (χ4v) is 2.05. The summed E-state index contributed by atoms with van der Waals surface area (Å²) in [6, 6.07) is 5.59. The number of anilines is 2. The Morgan fingerprint density at radius 3 is 3.17 bits per heavy atom. The standard InChI is InChI=1S/C13H18N2O3/c1-2-17-12(16)6-7-15-8-9-18-11-5-3-4-10(14)13(11)15/h3-5H,2,6-9,14H2,1H3. The highest BCUT2D eigenvalue weighted by Crippen LogP contribution is 2.36. The largest absolute Gasteiger partial charge is 0.489 e. The molecule has 0 spiro atoms. The molecule has 2 rings (SSSR count). The van der Waals surface area contributed by atoms with Crippen LogP contribution in [0.1, 0.15) is 13.3 Å². The van der Waals surface area contributed by atoms with Crippen molar-refractivity contribution in [1.29, 1.82) is 0 Å². The molecule has 98 valence electrons. The van der Waals surface area contributed by atoms with E-state index in [9.17, 15) is 4.79 Å². The van der Waals surface area contributed by atoms with Crippen LogP contribution in [-0.2, 0) is 9.53 Å². The zero-order valence-electron chi connectivity index (χ0n) is 10.5. The third-order valence-corrected chi connectivity index (χ3v) is 2.86. The van der Waals surface area contributed by atoms with Crippen molar-refractivity contribution >= 4 is 17.3 Å². The second-order valence-corrected chi connectivity index (χ2v) is 4.08. The van der Waals surface area contributed by atoms with Gasteiger partial charge in [0.25, 0.3) is 0 Å². The van der Waals surface area contributed by atoms with Crippen LogP contribution < -0.4 is 15.4 Å². The van der Waals surface area contributed by atoms with Crippen LogP contribution in [0.3, 0.4) is 0 Å². The second kappa shape index (κ2) is 5.62. The fourth-order valence-electron chi connectivity index (χ4n) is 2.05. The van der Waals surface area contributed by atoms with E-state index in [2.05, 4.69) is 4.90 Å². The van der Waals surface area contributed by atoms with Gasteiger partial charge in [-0.05, 0) is 19.1 Å². The summed E-state index contributed by atoms with van der Waals surface area (Å²) in [6.07, 6.45) is 0.363. The fraction of sp³-hybridized carbons (Fsp3) is 0.462. The molecule has 18 heavy (non-hydrogen) atoms. The number of ether oxygens (including phenoxy) is 2. The zero-order valence-corrected chi connectivity index (χ0v) is 10.5. The van der Waals surface area contributed by atoms with Crippen LogP contribution in [0.15, 0.2) is 18.2 Å². The van der Waals surface area contributed by atoms with E-state index in [1.54, 1.807) is 6.92 Å². The van der Waals surface area contributed by atoms with E-state index in [1.807, 2.05) is 18.2 Å². The third-order valence-electron chi connectivity index (χ3n) is 2.86. The average molecular weight is 250 g/mol. The molecule has 1 heterocycles. The molecule has 5 nitrogen and oxygen atoms in total. The van der Waals surface area contributed by atoms with E-state index in [0.717, 1.165) is 18.0 Å². The van der Waals surface area contributed by atoms with Crippen LogP contribution in [0.4, 0.5) is 11.4 Å². The summed E-state index contributed by atoms with van der Waals surface area (Å²) >= 11 is 0. The number of carbonyl (C=O) groups is 1. The van der Waals surface area contributed by atoms with Gasteiger partial charge >= 0.3 is 5.97 Å². The smallest absolute Gasteiger partial charge is 0.307 e. The number of rotatable bonds is 4. The van der Waals surface area contributed by atoms with E-state index in [0.29, 0.717) is 31.9 Å². The predicted molar refractivity (Wildman–Crippen MR) is 69.8 cm³/mol. The maximum Gasteiger partial charge on any atom is 0.307 e. The number of carbonyl (C=O) groups excluding carboxylic acids is 1. The van der Waals surface area contributed by atoms with E-state index >= 15 is 0 Å². The molecule has 1 aliphatic rings. The summed E-state index contributed by atoms with van der Waals surface area (Å²) in [5.74, 6) is 0.602. The van der Waals surface area contributed by atoms with Crippen LogP contribution >= 0.6 is 0 Å². The molecule has 0 atom stereocenters. The van der Waals surface area contributed by atoms with E-state index in [1.165, 1.54) is 0 Å². The first kappa shape index (κ1) is 12.5. The molecule has 0 saturated heterocycles. The van der Waals surface area contributed by atoms with E-state index < -0.39 is 0 Å². The highest BCUT2D eigenvalue weighted by molar-refractivity contribution is 5.77. The third kappa shape index (κ3) is 2.67. The molecule has 5 heteroatoms. The maximum atomic E-state index is 11.4. The number of hydrogen-bond acceptors (Lipinski definition) is 5. The lowest BCUT2D eigenvalue weighted by Crippen LogP contribution is -2.35. The topological polar surface area (TPSA) is 64.8 Å². The van der Waals surface area contributed by atoms with Crippen molar-refractivity contribution in [3.05, 3.63) is 18.2 Å². The van der Waals surface area contributed by atoms with E-state index in [-0.39, 0.29) is 5.97 Å². The number of para-hydroxylation sites is 1. The average Bonchev–Trinajstić information content (AvgIpc) is 2.37. The monoisotopic (exact) mass is 250 g/mol. The summed E-state index contributed by atoms with van der Waals surface area (Å²) < 4.78 is 10.5. The molecule has 1 aromatic rings. The predicted octanol–water partition coefficient (Wildman–Crippen LogP) is 1.42. The van der Waals surface area contributed by atoms with Crippen LogP contribution in [0, 0.1) is 0 Å². The van der Waals surface area contributed by atoms with Gasteiger partial charge in [-0.2, -0.15) is 0 Å². The Morgan fingerprint density at radius 2 is 2.39 bits per heavy atom. The first-order chi connectivity index (χ1) is 8.72. The van der Waals surface area contributed by atoms with Gasteiger partial charge in [0.1, 0.15) is 18.0 Å². The summed E-state index contributed by atoms with van der Waals surface area (Å²) in [4.78, 5) is 13.4. The van der Waals surface area contributed by atoms with Crippen LogP contribution in [0.2, 0.25) is 0 Å². The van der Waals surface area contributed by atoms with Gasteiger partial charge in [-0.3, -0.25) is 4.79 Å². The minimum atomic E-state index is -0.181. The number of fused-ring (bicyclic) bond motifs is 1. The van der Waals surface area contributed by atoms with Gasteiger partial charge in [-0.1, -0.05) is 6.07 Å². The van der Waals surface area contributed by atoms with Crippen molar-refractivity contribution in [1.82, 2.24) is 0 Å². The van der Waals surface area contributed by atoms with Gasteiger partial charge in [0.15, 0.2) is 0 Å². The Bertz CT molecular complexity index is 434. The molecule has 0 bridgehead atoms. The molecule has 0 saturated carbocycles. The Kier molecular flexibility index (Phi) is 3.92. The van der Waals surface area contributed by atoms with Crippen molar-refractivity contribution in [2.75, 3.05) is 36.9 Å². The van der Waals surface area contributed by atoms with Crippen molar-refractivity contribution in [3.63, 3.8) is 0 Å². The lowest BCUT2D eigenvalue weighted by atomic mass is 10.2. The van der Waals surface area contributed by atoms with Gasteiger partial charge in [-0.15, -0.1) is 0 Å². The van der Waals surface area contributed by atoms with Gasteiger partial charge in [-0.25, -0.2) is 0 Å². The maximum absolute atomic E-state index is 11.4. The van der Waals surface area contributed by atoms with Gasteiger partial charge in [0.05, 0.1) is 25.3 Å². The van der Waals surface area contributed by atoms with Crippen molar-refractivity contribution < 1.29 is 14.3 Å². The van der Waals surface area contributed by atoms with Crippen LogP contribution in [0.25, 0.3) is 0 Å². The minimum Gasteiger partial charge on any atom is -0.489 e. The van der Waals surface area contributed by atoms with E-state index in [4.69, 9.17) is 15.2 Å². The molecule has 0 unspecified atom stereocenters. The SMILES string of the molecule is CCOC(=O)CCN1CCOc2cccc(N)c21. The first-order valence-electron chi connectivity index (χ1n) is 6.14. The molecular formula is C13H18N2O3. The van der Waals surface area contributed by atoms with Crippen LogP contribution in [-0.4, -0.2) is 32.3 Å². The molecule has 0 aliphatic carbocycles. The normalized spacial score (nSPS) is 13.7. The Labute approximate surface area is 106 Å². The highest BCUT2D eigenvalue weighted by Gasteiger charge is 2.20. The number of nitrogen functional groups attached to an aromatic ring is 1. The zero-order chi connectivity index (χ0) is 13.0. The molecule has 1 aliphatic heterocycles. The van der Waals surface area contributed by atoms with Crippen molar-refractivity contribution in [3.8, 4) is 5.75 Å². The second-order valence-electron chi connectivity index (χ2n) is 4.08. The lowest BCUT2D eigenvalue weighted by molar-refractivity contribution is -0.142. The number of benzene rings is 1. The number of esters is 1. The Hall–Kier alpha value is -1.91. The van der Waals surface area contributed by atoms with Gasteiger partial charge < -0.3 is 20.1 Å². The summed E-state index contributed by atoms with van der Waals surface area (Å²) in [5.41, 5.74) is 7.52. The van der Waals surface area contributed by atoms with Gasteiger partial charge in [0.2, 0.25) is 0 Å². The minimum absolute atomic E-state index is 0.181. The quantitative estimate of drug-likeness (QED) is 0.646. The van der Waals surface area contributed by atoms with Crippen LogP contribution in [0.5, 0.6) is 5.75 Å². The number of nitrogens with two attached hydrogens (primary N) is 1. The van der Waals surface area contributed by atoms with Gasteiger partial charge in [0, 0.05) is 6.54 Å². The molecule has 0 aromatic heterocycles. The molecule has 2 N–H and O–H groups in total. The summed E-state index contributed by atoms with van der Waals surface area (Å²) in [7, 11) is 0. The summed E-state index contributed by atoms with van der Waals surface area (Å²) in [6.45, 7) is 4.17. The molecule has 0 fully saturated rings. The highest BCUT2D eigenvalue weighted by atomic mass is 16.5. The van der Waals surface area contributed by atoms with Crippen molar-refractivity contribution in [2.24, 2.45) is 0 Å². The molecular weight excluding hydrogens is 232 g/mol. The summed E-state index contributed by atoms with van der Waals surface area (Å²) in [5, 5.41) is 0. The number of nitrogens with zero attached hydrogens (tertiary/aromatic N) is 1. The molecule has 0 radical (unpaired) electrons. The first-order valence-corrected chi connectivity index (χ1v) is 6.14. The molecule has 1 aromatic carbocycles.